The number of aliphatic hydroxyl groups is 1. The summed E-state index contributed by atoms with van der Waals surface area (Å²) in [5, 5.41) is 14.9. The van der Waals surface area contributed by atoms with E-state index >= 15 is 0 Å². The summed E-state index contributed by atoms with van der Waals surface area (Å²) in [5.41, 5.74) is 7.27. The van der Waals surface area contributed by atoms with Gasteiger partial charge in [0.05, 0.1) is 19.4 Å². The smallest absolute Gasteiger partial charge is 0.127 e. The molecule has 19 heavy (non-hydrogen) atoms. The molecule has 6 heteroatoms. The van der Waals surface area contributed by atoms with Gasteiger partial charge in [0.15, 0.2) is 0 Å². The van der Waals surface area contributed by atoms with E-state index in [1.165, 1.54) is 4.68 Å². The quantitative estimate of drug-likeness (QED) is 0.898. The van der Waals surface area contributed by atoms with Crippen molar-refractivity contribution in [3.05, 3.63) is 40.5 Å². The minimum absolute atomic E-state index is 0.361. The van der Waals surface area contributed by atoms with Gasteiger partial charge >= 0.3 is 0 Å². The monoisotopic (exact) mass is 281 g/mol. The van der Waals surface area contributed by atoms with Crippen LogP contribution in [0.5, 0.6) is 5.75 Å². The van der Waals surface area contributed by atoms with Crippen LogP contribution in [0.2, 0.25) is 5.02 Å². The highest BCUT2D eigenvalue weighted by Crippen LogP contribution is 2.29. The van der Waals surface area contributed by atoms with Gasteiger partial charge < -0.3 is 15.6 Å². The molecule has 0 aliphatic heterocycles. The standard InChI is InChI=1S/C13H16ClN3O2/c1-17-13(15)10(7-16-17)11(18)6-8-5-9(14)3-4-12(8)19-2/h3-5,7,11,18H,6,15H2,1-2H3. The van der Waals surface area contributed by atoms with Crippen molar-refractivity contribution >= 4 is 17.4 Å². The van der Waals surface area contributed by atoms with Crippen LogP contribution in [0.15, 0.2) is 24.4 Å². The van der Waals surface area contributed by atoms with Crippen molar-refractivity contribution in [2.75, 3.05) is 12.8 Å². The normalized spacial score (nSPS) is 12.4. The van der Waals surface area contributed by atoms with E-state index < -0.39 is 6.10 Å². The van der Waals surface area contributed by atoms with Gasteiger partial charge in [-0.25, -0.2) is 0 Å². The van der Waals surface area contributed by atoms with Gasteiger partial charge in [0.1, 0.15) is 11.6 Å². The molecule has 0 aliphatic carbocycles. The van der Waals surface area contributed by atoms with Crippen molar-refractivity contribution < 1.29 is 9.84 Å². The molecule has 5 nitrogen and oxygen atoms in total. The lowest BCUT2D eigenvalue weighted by molar-refractivity contribution is 0.178. The zero-order valence-electron chi connectivity index (χ0n) is 10.8. The fourth-order valence-electron chi connectivity index (χ4n) is 1.95. The lowest BCUT2D eigenvalue weighted by Gasteiger charge is -2.13. The van der Waals surface area contributed by atoms with Gasteiger partial charge in [-0.1, -0.05) is 11.6 Å². The predicted octanol–water partition coefficient (Wildman–Crippen LogP) is 1.94. The molecular weight excluding hydrogens is 266 g/mol. The Morgan fingerprint density at radius 3 is 2.84 bits per heavy atom. The molecule has 1 aromatic heterocycles. The molecule has 1 aromatic carbocycles. The Hall–Kier alpha value is -1.72. The number of ether oxygens (including phenoxy) is 1. The van der Waals surface area contributed by atoms with Gasteiger partial charge in [-0.15, -0.1) is 0 Å². The summed E-state index contributed by atoms with van der Waals surface area (Å²) in [4.78, 5) is 0. The number of aliphatic hydroxyl groups excluding tert-OH is 1. The van der Waals surface area contributed by atoms with E-state index in [2.05, 4.69) is 5.10 Å². The van der Waals surface area contributed by atoms with Crippen molar-refractivity contribution in [3.8, 4) is 5.75 Å². The summed E-state index contributed by atoms with van der Waals surface area (Å²) in [6, 6.07) is 5.29. The number of methoxy groups -OCH3 is 1. The van der Waals surface area contributed by atoms with Crippen molar-refractivity contribution in [1.29, 1.82) is 0 Å². The number of halogens is 1. The number of benzene rings is 1. The highest BCUT2D eigenvalue weighted by atomic mass is 35.5. The SMILES string of the molecule is COc1ccc(Cl)cc1CC(O)c1cnn(C)c1N. The number of rotatable bonds is 4. The number of aromatic nitrogens is 2. The molecule has 0 bridgehead atoms. The average Bonchev–Trinajstić information content (AvgIpc) is 2.70. The van der Waals surface area contributed by atoms with Crippen LogP contribution in [0.3, 0.4) is 0 Å². The van der Waals surface area contributed by atoms with Gasteiger partial charge in [0, 0.05) is 24.1 Å². The molecule has 0 saturated carbocycles. The van der Waals surface area contributed by atoms with Crippen LogP contribution in [0, 0.1) is 0 Å². The van der Waals surface area contributed by atoms with Crippen molar-refractivity contribution in [2.45, 2.75) is 12.5 Å². The van der Waals surface area contributed by atoms with Crippen LogP contribution >= 0.6 is 11.6 Å². The molecule has 0 fully saturated rings. The molecule has 1 atom stereocenters. The maximum absolute atomic E-state index is 10.2. The van der Waals surface area contributed by atoms with Crippen molar-refractivity contribution in [3.63, 3.8) is 0 Å². The highest BCUT2D eigenvalue weighted by molar-refractivity contribution is 6.30. The minimum atomic E-state index is -0.749. The second-order valence-corrected chi connectivity index (χ2v) is 4.72. The minimum Gasteiger partial charge on any atom is -0.496 e. The fourth-order valence-corrected chi connectivity index (χ4v) is 2.14. The van der Waals surface area contributed by atoms with Gasteiger partial charge in [-0.3, -0.25) is 4.68 Å². The maximum Gasteiger partial charge on any atom is 0.127 e. The molecule has 0 amide bonds. The van der Waals surface area contributed by atoms with E-state index in [1.807, 2.05) is 0 Å². The number of aryl methyl sites for hydroxylation is 1. The van der Waals surface area contributed by atoms with Gasteiger partial charge in [0.2, 0.25) is 0 Å². The van der Waals surface area contributed by atoms with Crippen LogP contribution in [-0.4, -0.2) is 22.0 Å². The molecule has 2 aromatic rings. The molecule has 0 saturated heterocycles. The first-order valence-corrected chi connectivity index (χ1v) is 6.18. The fraction of sp³-hybridized carbons (Fsp3) is 0.308. The Bertz CT molecular complexity index is 583. The number of nitrogen functional groups attached to an aromatic ring is 1. The number of hydrogen-bond donors (Lipinski definition) is 2. The van der Waals surface area contributed by atoms with E-state index in [1.54, 1.807) is 38.6 Å². The van der Waals surface area contributed by atoms with E-state index in [0.29, 0.717) is 28.6 Å². The van der Waals surface area contributed by atoms with Crippen LogP contribution in [0.1, 0.15) is 17.2 Å². The molecule has 0 spiro atoms. The van der Waals surface area contributed by atoms with Crippen molar-refractivity contribution in [1.82, 2.24) is 9.78 Å². The molecular formula is C13H16ClN3O2. The van der Waals surface area contributed by atoms with Crippen LogP contribution in [0.25, 0.3) is 0 Å². The third kappa shape index (κ3) is 2.83. The molecule has 0 aliphatic rings. The van der Waals surface area contributed by atoms with E-state index in [0.717, 1.165) is 5.56 Å². The van der Waals surface area contributed by atoms with E-state index in [9.17, 15) is 5.11 Å². The Labute approximate surface area is 116 Å². The Balaban J connectivity index is 2.26. The lowest BCUT2D eigenvalue weighted by Crippen LogP contribution is -2.06. The summed E-state index contributed by atoms with van der Waals surface area (Å²) in [7, 11) is 3.31. The van der Waals surface area contributed by atoms with Crippen LogP contribution in [-0.2, 0) is 13.5 Å². The molecule has 3 N–H and O–H groups in total. The molecule has 1 heterocycles. The summed E-state index contributed by atoms with van der Waals surface area (Å²) in [5.74, 6) is 1.14. The van der Waals surface area contributed by atoms with E-state index in [4.69, 9.17) is 22.1 Å². The topological polar surface area (TPSA) is 73.3 Å². The Kier molecular flexibility index (Phi) is 3.97. The summed E-state index contributed by atoms with van der Waals surface area (Å²) >= 11 is 5.96. The number of hydrogen-bond acceptors (Lipinski definition) is 4. The summed E-state index contributed by atoms with van der Waals surface area (Å²) in [6.07, 6.45) is 1.18. The molecule has 102 valence electrons. The van der Waals surface area contributed by atoms with E-state index in [-0.39, 0.29) is 0 Å². The highest BCUT2D eigenvalue weighted by Gasteiger charge is 2.17. The Morgan fingerprint density at radius 1 is 1.53 bits per heavy atom. The van der Waals surface area contributed by atoms with Gasteiger partial charge in [-0.2, -0.15) is 5.10 Å². The number of nitrogens with zero attached hydrogens (tertiary/aromatic N) is 2. The maximum atomic E-state index is 10.2. The number of anilines is 1. The van der Waals surface area contributed by atoms with Gasteiger partial charge in [-0.05, 0) is 23.8 Å². The first-order chi connectivity index (χ1) is 9.02. The zero-order valence-corrected chi connectivity index (χ0v) is 11.6. The molecule has 1 unspecified atom stereocenters. The lowest BCUT2D eigenvalue weighted by atomic mass is 10.0. The second-order valence-electron chi connectivity index (χ2n) is 4.28. The Morgan fingerprint density at radius 2 is 2.26 bits per heavy atom. The summed E-state index contributed by atoms with van der Waals surface area (Å²) in [6.45, 7) is 0. The van der Waals surface area contributed by atoms with Crippen LogP contribution in [0.4, 0.5) is 5.82 Å². The first-order valence-electron chi connectivity index (χ1n) is 5.80. The average molecular weight is 282 g/mol. The number of nitrogens with two attached hydrogens (primary N) is 1. The van der Waals surface area contributed by atoms with Gasteiger partial charge in [0.25, 0.3) is 0 Å². The second kappa shape index (κ2) is 5.50. The zero-order chi connectivity index (χ0) is 14.0. The largest absolute Gasteiger partial charge is 0.496 e. The first kappa shape index (κ1) is 13.7. The third-order valence-electron chi connectivity index (χ3n) is 3.03. The van der Waals surface area contributed by atoms with Crippen LogP contribution < -0.4 is 10.5 Å². The third-order valence-corrected chi connectivity index (χ3v) is 3.26. The summed E-state index contributed by atoms with van der Waals surface area (Å²) < 4.78 is 6.77. The van der Waals surface area contributed by atoms with Crippen molar-refractivity contribution in [2.24, 2.45) is 7.05 Å². The predicted molar refractivity (Wildman–Crippen MR) is 74.3 cm³/mol. The molecule has 2 rings (SSSR count). The molecule has 0 radical (unpaired) electrons.